The molecular formula is C23H27ClFN5O3. The van der Waals surface area contributed by atoms with Crippen LogP contribution in [0.1, 0.15) is 23.0 Å². The Labute approximate surface area is 196 Å². The van der Waals surface area contributed by atoms with Gasteiger partial charge >= 0.3 is 0 Å². The van der Waals surface area contributed by atoms with Crippen LogP contribution in [-0.2, 0) is 16.1 Å². The number of nitrogens with zero attached hydrogens (tertiary/aromatic N) is 4. The highest BCUT2D eigenvalue weighted by atomic mass is 35.5. The number of hydrogen-bond acceptors (Lipinski definition) is 6. The van der Waals surface area contributed by atoms with Gasteiger partial charge in [0.1, 0.15) is 17.2 Å². The summed E-state index contributed by atoms with van der Waals surface area (Å²) in [5, 5.41) is 0.293. The first kappa shape index (κ1) is 24.6. The lowest BCUT2D eigenvalue weighted by Gasteiger charge is -2.32. The standard InChI is InChI=1S/C20H21ClFN5O.C3H6O2/c1-25-4-6-26(7-5-25)20(28)18-11-24-19-8-13(10-23)16(12-27(18)19)15-3-2-14(22)9-17(15)21;1-2-5-3-4/h2-3,8-9,11-12H,4-7,10,23H2,1H3;3H,2H2,1H3. The van der Waals surface area contributed by atoms with Gasteiger partial charge in [-0.2, -0.15) is 0 Å². The van der Waals surface area contributed by atoms with Gasteiger partial charge in [-0.3, -0.25) is 14.0 Å². The van der Waals surface area contributed by atoms with Crippen molar-refractivity contribution in [2.45, 2.75) is 13.5 Å². The Bertz CT molecular complexity index is 1130. The molecule has 4 rings (SSSR count). The molecule has 1 fully saturated rings. The Balaban J connectivity index is 0.000000555. The number of halogens is 2. The highest BCUT2D eigenvalue weighted by molar-refractivity contribution is 6.33. The van der Waals surface area contributed by atoms with Crippen LogP contribution in [0.3, 0.4) is 0 Å². The Morgan fingerprint density at radius 2 is 1.97 bits per heavy atom. The second-order valence-corrected chi connectivity index (χ2v) is 7.97. The number of likely N-dealkylation sites (N-methyl/N-ethyl adjacent to an activating group) is 1. The number of carbonyl (C=O) groups excluding carboxylic acids is 2. The fourth-order valence-electron chi connectivity index (χ4n) is 3.58. The fourth-order valence-corrected chi connectivity index (χ4v) is 3.85. The lowest BCUT2D eigenvalue weighted by Crippen LogP contribution is -2.47. The van der Waals surface area contributed by atoms with E-state index in [9.17, 15) is 14.0 Å². The molecule has 1 aliphatic heterocycles. The summed E-state index contributed by atoms with van der Waals surface area (Å²) in [5.74, 6) is -0.463. The summed E-state index contributed by atoms with van der Waals surface area (Å²) < 4.78 is 19.4. The van der Waals surface area contributed by atoms with Crippen molar-refractivity contribution in [2.75, 3.05) is 39.8 Å². The van der Waals surface area contributed by atoms with E-state index in [2.05, 4.69) is 14.6 Å². The first-order valence-corrected chi connectivity index (χ1v) is 11.0. The molecule has 0 unspecified atom stereocenters. The van der Waals surface area contributed by atoms with Gasteiger partial charge in [-0.05, 0) is 43.8 Å². The predicted octanol–water partition coefficient (Wildman–Crippen LogP) is 2.82. The lowest BCUT2D eigenvalue weighted by atomic mass is 10.0. The molecule has 1 aromatic carbocycles. The van der Waals surface area contributed by atoms with E-state index in [4.69, 9.17) is 17.3 Å². The average Bonchev–Trinajstić information content (AvgIpc) is 3.22. The summed E-state index contributed by atoms with van der Waals surface area (Å²) in [6, 6.07) is 6.09. The number of amides is 1. The van der Waals surface area contributed by atoms with Crippen LogP contribution >= 0.6 is 11.6 Å². The summed E-state index contributed by atoms with van der Waals surface area (Å²) in [6.45, 7) is 5.98. The molecule has 0 bridgehead atoms. The number of ether oxygens (including phenoxy) is 1. The molecule has 2 N–H and O–H groups in total. The van der Waals surface area contributed by atoms with Crippen LogP contribution in [0.4, 0.5) is 4.39 Å². The maximum atomic E-state index is 13.5. The second-order valence-electron chi connectivity index (χ2n) is 7.56. The zero-order valence-corrected chi connectivity index (χ0v) is 19.4. The predicted molar refractivity (Wildman–Crippen MR) is 125 cm³/mol. The van der Waals surface area contributed by atoms with Crippen LogP contribution in [-0.4, -0.2) is 71.4 Å². The molecule has 33 heavy (non-hydrogen) atoms. The number of rotatable bonds is 5. The van der Waals surface area contributed by atoms with Crippen molar-refractivity contribution in [1.29, 1.82) is 0 Å². The van der Waals surface area contributed by atoms with Crippen molar-refractivity contribution >= 4 is 29.6 Å². The molecule has 0 saturated carbocycles. The van der Waals surface area contributed by atoms with Crippen molar-refractivity contribution < 1.29 is 18.7 Å². The van der Waals surface area contributed by atoms with Crippen LogP contribution in [0.5, 0.6) is 0 Å². The van der Waals surface area contributed by atoms with Gasteiger partial charge in [-0.1, -0.05) is 11.6 Å². The summed E-state index contributed by atoms with van der Waals surface area (Å²) in [6.07, 6.45) is 3.40. The quantitative estimate of drug-likeness (QED) is 0.570. The molecule has 8 nitrogen and oxygen atoms in total. The van der Waals surface area contributed by atoms with E-state index in [1.54, 1.807) is 23.6 Å². The zero-order chi connectivity index (χ0) is 24.0. The zero-order valence-electron chi connectivity index (χ0n) is 18.6. The number of pyridine rings is 1. The van der Waals surface area contributed by atoms with E-state index in [-0.39, 0.29) is 12.5 Å². The van der Waals surface area contributed by atoms with Crippen molar-refractivity contribution in [2.24, 2.45) is 5.73 Å². The van der Waals surface area contributed by atoms with Gasteiger partial charge in [0.25, 0.3) is 12.4 Å². The Morgan fingerprint density at radius 3 is 2.55 bits per heavy atom. The Kier molecular flexibility index (Phi) is 8.37. The number of piperazine rings is 1. The fraction of sp³-hybridized carbons (Fsp3) is 0.348. The van der Waals surface area contributed by atoms with E-state index in [0.29, 0.717) is 48.1 Å². The molecule has 0 spiro atoms. The molecule has 2 aromatic heterocycles. The number of imidazole rings is 1. The van der Waals surface area contributed by atoms with Gasteiger partial charge in [0.05, 0.1) is 17.8 Å². The summed E-state index contributed by atoms with van der Waals surface area (Å²) >= 11 is 6.27. The molecule has 0 radical (unpaired) electrons. The molecular weight excluding hydrogens is 449 g/mol. The van der Waals surface area contributed by atoms with Gasteiger partial charge < -0.3 is 20.3 Å². The SMILES string of the molecule is CCOC=O.CN1CCN(C(=O)c2cnc3cc(CN)c(-c4ccc(F)cc4Cl)cn23)CC1. The van der Waals surface area contributed by atoms with Gasteiger partial charge in [0.15, 0.2) is 0 Å². The van der Waals surface area contributed by atoms with E-state index in [1.165, 1.54) is 12.1 Å². The molecule has 10 heteroatoms. The van der Waals surface area contributed by atoms with Gasteiger partial charge in [0.2, 0.25) is 0 Å². The van der Waals surface area contributed by atoms with Crippen LogP contribution < -0.4 is 5.73 Å². The molecule has 1 aliphatic rings. The molecule has 1 saturated heterocycles. The van der Waals surface area contributed by atoms with Crippen molar-refractivity contribution in [3.8, 4) is 11.1 Å². The average molecular weight is 476 g/mol. The number of hydrogen-bond donors (Lipinski definition) is 1. The van der Waals surface area contributed by atoms with Gasteiger partial charge in [0, 0.05) is 50.0 Å². The molecule has 1 amide bonds. The number of carbonyl (C=O) groups is 2. The summed E-state index contributed by atoms with van der Waals surface area (Å²) in [4.78, 5) is 30.6. The van der Waals surface area contributed by atoms with Crippen molar-refractivity contribution in [3.63, 3.8) is 0 Å². The van der Waals surface area contributed by atoms with E-state index in [0.717, 1.165) is 24.2 Å². The normalized spacial score (nSPS) is 14.0. The summed E-state index contributed by atoms with van der Waals surface area (Å²) in [5.41, 5.74) is 9.29. The first-order chi connectivity index (χ1) is 15.9. The molecule has 3 heterocycles. The third-order valence-corrected chi connectivity index (χ3v) is 5.73. The van der Waals surface area contributed by atoms with Crippen LogP contribution in [0.2, 0.25) is 5.02 Å². The Morgan fingerprint density at radius 1 is 1.24 bits per heavy atom. The third kappa shape index (κ3) is 5.68. The molecule has 0 atom stereocenters. The smallest absolute Gasteiger partial charge is 0.293 e. The first-order valence-electron chi connectivity index (χ1n) is 10.6. The number of nitrogens with two attached hydrogens (primary N) is 1. The highest BCUT2D eigenvalue weighted by Gasteiger charge is 2.24. The Hall–Kier alpha value is -3.01. The summed E-state index contributed by atoms with van der Waals surface area (Å²) in [7, 11) is 2.04. The topological polar surface area (TPSA) is 93.2 Å². The van der Waals surface area contributed by atoms with Crippen LogP contribution in [0, 0.1) is 5.82 Å². The molecule has 176 valence electrons. The van der Waals surface area contributed by atoms with Crippen molar-refractivity contribution in [1.82, 2.24) is 19.2 Å². The van der Waals surface area contributed by atoms with Crippen LogP contribution in [0.25, 0.3) is 16.8 Å². The van der Waals surface area contributed by atoms with E-state index in [1.807, 2.05) is 24.2 Å². The maximum absolute atomic E-state index is 13.5. The monoisotopic (exact) mass is 475 g/mol. The second kappa shape index (κ2) is 11.2. The highest BCUT2D eigenvalue weighted by Crippen LogP contribution is 2.32. The molecule has 3 aromatic rings. The maximum Gasteiger partial charge on any atom is 0.293 e. The number of aromatic nitrogens is 2. The molecule has 0 aliphatic carbocycles. The van der Waals surface area contributed by atoms with Crippen molar-refractivity contribution in [3.05, 3.63) is 58.8 Å². The van der Waals surface area contributed by atoms with Crippen LogP contribution in [0.15, 0.2) is 36.7 Å². The third-order valence-electron chi connectivity index (χ3n) is 5.42. The minimum absolute atomic E-state index is 0.0581. The minimum atomic E-state index is -0.405. The lowest BCUT2D eigenvalue weighted by molar-refractivity contribution is -0.128. The van der Waals surface area contributed by atoms with Gasteiger partial charge in [-0.25, -0.2) is 9.37 Å². The number of benzene rings is 1. The van der Waals surface area contributed by atoms with Gasteiger partial charge in [-0.15, -0.1) is 0 Å². The number of fused-ring (bicyclic) bond motifs is 1. The largest absolute Gasteiger partial charge is 0.468 e. The van der Waals surface area contributed by atoms with E-state index < -0.39 is 5.82 Å². The minimum Gasteiger partial charge on any atom is -0.468 e. The van der Waals surface area contributed by atoms with E-state index >= 15 is 0 Å².